The lowest BCUT2D eigenvalue weighted by atomic mass is 10.2. The van der Waals surface area contributed by atoms with Crippen LogP contribution in [-0.2, 0) is 6.54 Å². The summed E-state index contributed by atoms with van der Waals surface area (Å²) in [6, 6.07) is 1.80. The number of nitrogens with zero attached hydrogens (tertiary/aromatic N) is 6. The number of aromatic amines is 2. The van der Waals surface area contributed by atoms with Gasteiger partial charge in [0.1, 0.15) is 17.8 Å². The van der Waals surface area contributed by atoms with Gasteiger partial charge in [-0.3, -0.25) is 9.88 Å². The van der Waals surface area contributed by atoms with Gasteiger partial charge in [0.05, 0.1) is 13.1 Å². The number of hydrogen-bond acceptors (Lipinski definition) is 7. The first kappa shape index (κ1) is 17.3. The van der Waals surface area contributed by atoms with Crippen LogP contribution in [0.4, 0.5) is 16.2 Å². The maximum Gasteiger partial charge on any atom is 0.340 e. The summed E-state index contributed by atoms with van der Waals surface area (Å²) < 4.78 is 14.1. The molecule has 25 heavy (non-hydrogen) atoms. The molecule has 2 aromatic rings. The Morgan fingerprint density at radius 1 is 1.40 bits per heavy atom. The van der Waals surface area contributed by atoms with Gasteiger partial charge in [0, 0.05) is 39.3 Å². The molecule has 0 aliphatic carbocycles. The highest BCUT2D eigenvalue weighted by molar-refractivity contribution is 5.45. The number of halogens is 1. The zero-order chi connectivity index (χ0) is 18.0. The highest BCUT2D eigenvalue weighted by Gasteiger charge is 2.34. The summed E-state index contributed by atoms with van der Waals surface area (Å²) in [5.41, 5.74) is -0.327. The van der Waals surface area contributed by atoms with Crippen LogP contribution in [0.25, 0.3) is 0 Å². The zero-order valence-electron chi connectivity index (χ0n) is 14.6. The molecule has 1 fully saturated rings. The van der Waals surface area contributed by atoms with Crippen LogP contribution in [0.5, 0.6) is 0 Å². The number of alkyl halides is 1. The van der Waals surface area contributed by atoms with Gasteiger partial charge < -0.3 is 9.80 Å². The first-order valence-electron chi connectivity index (χ1n) is 8.15. The van der Waals surface area contributed by atoms with Gasteiger partial charge in [0.25, 0.3) is 0 Å². The molecule has 0 unspecified atom stereocenters. The fourth-order valence-electron chi connectivity index (χ4n) is 3.09. The summed E-state index contributed by atoms with van der Waals surface area (Å²) in [5, 5.41) is 6.25. The second-order valence-corrected chi connectivity index (χ2v) is 6.57. The molecule has 10 heteroatoms. The summed E-state index contributed by atoms with van der Waals surface area (Å²) in [5.74, 6) is 1.89. The molecule has 3 rings (SSSR count). The molecule has 0 spiro atoms. The molecule has 0 amide bonds. The Balaban J connectivity index is 1.71. The van der Waals surface area contributed by atoms with Gasteiger partial charge >= 0.3 is 5.69 Å². The Hall–Kier alpha value is -2.49. The molecule has 0 saturated carbocycles. The Kier molecular flexibility index (Phi) is 4.98. The number of nitrogens with one attached hydrogen (secondary N) is 2. The Morgan fingerprint density at radius 3 is 2.88 bits per heavy atom. The lowest BCUT2D eigenvalue weighted by Gasteiger charge is -2.29. The molecule has 1 aliphatic heterocycles. The van der Waals surface area contributed by atoms with Crippen LogP contribution in [0.2, 0.25) is 0 Å². The third kappa shape index (κ3) is 4.13. The molecular weight excluding hydrogens is 327 g/mol. The van der Waals surface area contributed by atoms with E-state index in [0.29, 0.717) is 37.8 Å². The molecule has 1 aliphatic rings. The van der Waals surface area contributed by atoms with Crippen LogP contribution in [0.15, 0.2) is 17.1 Å². The minimum atomic E-state index is -0.888. The standard InChI is InChI=1S/C15H23FN8O/c1-22(2)14-17-5-4-13(19-14)24-7-10(16)6-11(24)8-23(3)9-12-18-15(25)21-20-12/h4-5,10-11H,6-9H2,1-3H3,(H2,18,20,21,25)/t10-,11-/m0/s1. The van der Waals surface area contributed by atoms with Gasteiger partial charge in [-0.25, -0.2) is 19.3 Å². The van der Waals surface area contributed by atoms with Gasteiger partial charge in [0.15, 0.2) is 0 Å². The van der Waals surface area contributed by atoms with Crippen LogP contribution in [0.1, 0.15) is 12.2 Å². The van der Waals surface area contributed by atoms with Crippen molar-refractivity contribution in [3.8, 4) is 0 Å². The van der Waals surface area contributed by atoms with Crippen molar-refractivity contribution < 1.29 is 4.39 Å². The molecule has 2 atom stereocenters. The molecule has 9 nitrogen and oxygen atoms in total. The smallest absolute Gasteiger partial charge is 0.340 e. The van der Waals surface area contributed by atoms with E-state index in [1.54, 1.807) is 6.20 Å². The highest BCUT2D eigenvalue weighted by Crippen LogP contribution is 2.27. The van der Waals surface area contributed by atoms with E-state index in [9.17, 15) is 9.18 Å². The molecule has 0 aromatic carbocycles. The van der Waals surface area contributed by atoms with Crippen molar-refractivity contribution >= 4 is 11.8 Å². The van der Waals surface area contributed by atoms with E-state index in [0.717, 1.165) is 5.82 Å². The van der Waals surface area contributed by atoms with Crippen molar-refractivity contribution in [1.29, 1.82) is 0 Å². The van der Waals surface area contributed by atoms with Crippen molar-refractivity contribution in [2.24, 2.45) is 0 Å². The van der Waals surface area contributed by atoms with E-state index in [1.165, 1.54) is 0 Å². The maximum atomic E-state index is 14.1. The van der Waals surface area contributed by atoms with Crippen molar-refractivity contribution in [3.05, 3.63) is 28.6 Å². The lowest BCUT2D eigenvalue weighted by molar-refractivity contribution is 0.284. The Morgan fingerprint density at radius 2 is 2.20 bits per heavy atom. The van der Waals surface area contributed by atoms with Crippen molar-refractivity contribution in [2.45, 2.75) is 25.2 Å². The van der Waals surface area contributed by atoms with Crippen LogP contribution in [0.3, 0.4) is 0 Å². The van der Waals surface area contributed by atoms with E-state index in [1.807, 2.05) is 41.9 Å². The van der Waals surface area contributed by atoms with Gasteiger partial charge in [-0.2, -0.15) is 10.1 Å². The number of rotatable bonds is 6. The first-order chi connectivity index (χ1) is 11.9. The number of aromatic nitrogens is 5. The average Bonchev–Trinajstić information content (AvgIpc) is 3.13. The second-order valence-electron chi connectivity index (χ2n) is 6.57. The number of H-pyrrole nitrogens is 2. The van der Waals surface area contributed by atoms with Gasteiger partial charge in [0.2, 0.25) is 5.95 Å². The van der Waals surface area contributed by atoms with Gasteiger partial charge in [-0.15, -0.1) is 0 Å². The minimum absolute atomic E-state index is 0.00410. The first-order valence-corrected chi connectivity index (χ1v) is 8.15. The van der Waals surface area contributed by atoms with Crippen LogP contribution >= 0.6 is 0 Å². The predicted molar refractivity (Wildman–Crippen MR) is 92.5 cm³/mol. The Bertz CT molecular complexity index is 760. The van der Waals surface area contributed by atoms with Crippen molar-refractivity contribution in [1.82, 2.24) is 30.0 Å². The molecule has 136 valence electrons. The van der Waals surface area contributed by atoms with Crippen LogP contribution in [0, 0.1) is 0 Å². The summed E-state index contributed by atoms with van der Waals surface area (Å²) in [6.07, 6.45) is 1.25. The molecule has 0 bridgehead atoms. The van der Waals surface area contributed by atoms with Crippen molar-refractivity contribution in [3.63, 3.8) is 0 Å². The number of anilines is 2. The largest absolute Gasteiger partial charge is 0.349 e. The van der Waals surface area contributed by atoms with Crippen molar-refractivity contribution in [2.75, 3.05) is 44.0 Å². The average molecular weight is 350 g/mol. The maximum absolute atomic E-state index is 14.1. The Labute approximate surface area is 144 Å². The summed E-state index contributed by atoms with van der Waals surface area (Å²) >= 11 is 0. The third-order valence-corrected chi connectivity index (χ3v) is 4.18. The molecular formula is C15H23FN8O. The predicted octanol–water partition coefficient (Wildman–Crippen LogP) is 0.00280. The minimum Gasteiger partial charge on any atom is -0.349 e. The summed E-state index contributed by atoms with van der Waals surface area (Å²) in [7, 11) is 5.66. The van der Waals surface area contributed by atoms with Crippen LogP contribution in [-0.4, -0.2) is 76.5 Å². The normalized spacial score (nSPS) is 20.4. The fraction of sp³-hybridized carbons (Fsp3) is 0.600. The van der Waals surface area contributed by atoms with Gasteiger partial charge in [-0.05, 0) is 13.1 Å². The van der Waals surface area contributed by atoms with Crippen LogP contribution < -0.4 is 15.5 Å². The van der Waals surface area contributed by atoms with E-state index in [4.69, 9.17) is 0 Å². The third-order valence-electron chi connectivity index (χ3n) is 4.18. The second kappa shape index (κ2) is 7.18. The quantitative estimate of drug-likeness (QED) is 0.757. The molecule has 1 saturated heterocycles. The van der Waals surface area contributed by atoms with E-state index >= 15 is 0 Å². The monoisotopic (exact) mass is 350 g/mol. The summed E-state index contributed by atoms with van der Waals surface area (Å²) in [6.45, 7) is 1.44. The number of likely N-dealkylation sites (N-methyl/N-ethyl adjacent to an activating group) is 1. The topological polar surface area (TPSA) is 97.0 Å². The van der Waals surface area contributed by atoms with E-state index in [2.05, 4.69) is 25.1 Å². The number of hydrogen-bond donors (Lipinski definition) is 2. The summed E-state index contributed by atoms with van der Waals surface area (Å²) in [4.78, 5) is 28.3. The van der Waals surface area contributed by atoms with E-state index in [-0.39, 0.29) is 11.7 Å². The van der Waals surface area contributed by atoms with Gasteiger partial charge in [-0.1, -0.05) is 0 Å². The fourth-order valence-corrected chi connectivity index (χ4v) is 3.09. The SMILES string of the molecule is CN(Cc1n[nH]c(=O)[nH]1)C[C@@H]1C[C@H](F)CN1c1ccnc(N(C)C)n1. The molecule has 0 radical (unpaired) electrons. The molecule has 2 aromatic heterocycles. The highest BCUT2D eigenvalue weighted by atomic mass is 19.1. The molecule has 3 heterocycles. The lowest BCUT2D eigenvalue weighted by Crippen LogP contribution is -2.39. The zero-order valence-corrected chi connectivity index (χ0v) is 14.6. The molecule has 2 N–H and O–H groups in total. The van der Waals surface area contributed by atoms with E-state index < -0.39 is 6.17 Å².